The molecule has 0 saturated carbocycles. The van der Waals surface area contributed by atoms with Crippen molar-refractivity contribution >= 4 is 29.5 Å². The molecule has 0 saturated heterocycles. The number of carboxylic acids is 1. The van der Waals surface area contributed by atoms with E-state index in [2.05, 4.69) is 15.2 Å². The summed E-state index contributed by atoms with van der Waals surface area (Å²) in [5, 5.41) is 28.0. The third-order valence-corrected chi connectivity index (χ3v) is 5.97. The lowest BCUT2D eigenvalue weighted by atomic mass is 10.1. The lowest BCUT2D eigenvalue weighted by molar-refractivity contribution is -0.385. The number of nitrogens with zero attached hydrogens (tertiary/aromatic N) is 3. The van der Waals surface area contributed by atoms with Gasteiger partial charge in [0.1, 0.15) is 27.9 Å². The van der Waals surface area contributed by atoms with Crippen LogP contribution in [0.25, 0.3) is 28.8 Å². The van der Waals surface area contributed by atoms with E-state index in [0.717, 1.165) is 11.8 Å². The van der Waals surface area contributed by atoms with Crippen LogP contribution in [-0.2, 0) is 4.79 Å². The van der Waals surface area contributed by atoms with Gasteiger partial charge in [-0.05, 0) is 43.0 Å². The second-order valence-electron chi connectivity index (χ2n) is 7.44. The number of nitro groups is 1. The number of aryl methyl sites for hydroxylation is 1. The summed E-state index contributed by atoms with van der Waals surface area (Å²) in [5.41, 5.74) is 1.65. The molecule has 0 aliphatic heterocycles. The number of carbonyl (C=O) groups is 1. The number of benzene rings is 2. The Morgan fingerprint density at radius 1 is 1.11 bits per heavy atom. The van der Waals surface area contributed by atoms with Crippen molar-refractivity contribution in [2.24, 2.45) is 0 Å². The first kappa shape index (κ1) is 24.5. The number of nitrogens with one attached hydrogen (secondary N) is 1. The molecule has 4 rings (SSSR count). The molecule has 2 aromatic carbocycles. The van der Waals surface area contributed by atoms with Gasteiger partial charge in [-0.3, -0.25) is 15.2 Å². The van der Waals surface area contributed by atoms with Crippen molar-refractivity contribution < 1.29 is 28.7 Å². The van der Waals surface area contributed by atoms with E-state index in [-0.39, 0.29) is 21.5 Å². The highest BCUT2D eigenvalue weighted by molar-refractivity contribution is 8.04. The van der Waals surface area contributed by atoms with Gasteiger partial charge >= 0.3 is 5.97 Å². The quantitative estimate of drug-likeness (QED) is 0.134. The first-order valence-corrected chi connectivity index (χ1v) is 11.2. The van der Waals surface area contributed by atoms with E-state index in [1.807, 2.05) is 0 Å². The molecule has 2 N–H and O–H groups in total. The minimum Gasteiger partial charge on any atom is -0.497 e. The van der Waals surface area contributed by atoms with Crippen molar-refractivity contribution in [3.05, 3.63) is 74.9 Å². The van der Waals surface area contributed by atoms with E-state index in [1.54, 1.807) is 49.4 Å². The van der Waals surface area contributed by atoms with Crippen LogP contribution in [0.3, 0.4) is 0 Å². The van der Waals surface area contributed by atoms with Gasteiger partial charge in [-0.25, -0.2) is 9.78 Å². The Kier molecular flexibility index (Phi) is 7.06. The van der Waals surface area contributed by atoms with Gasteiger partial charge in [0, 0.05) is 34.9 Å². The van der Waals surface area contributed by atoms with Gasteiger partial charge < -0.3 is 19.0 Å². The molecule has 184 valence electrons. The van der Waals surface area contributed by atoms with E-state index in [4.69, 9.17) is 13.9 Å². The fourth-order valence-electron chi connectivity index (χ4n) is 3.27. The predicted octanol–water partition coefficient (Wildman–Crippen LogP) is 5.18. The molecule has 0 unspecified atom stereocenters. The molecule has 0 bridgehead atoms. The van der Waals surface area contributed by atoms with Crippen molar-refractivity contribution in [1.29, 1.82) is 0 Å². The molecule has 0 aliphatic carbocycles. The topological polar surface area (TPSA) is 154 Å². The smallest absolute Gasteiger partial charge is 0.342 e. The Balaban J connectivity index is 1.58. The fourth-order valence-corrected chi connectivity index (χ4v) is 3.96. The zero-order valence-electron chi connectivity index (χ0n) is 19.3. The number of nitro benzene ring substituents is 1. The molecule has 11 nitrogen and oxygen atoms in total. The summed E-state index contributed by atoms with van der Waals surface area (Å²) in [6.07, 6.45) is 1.34. The van der Waals surface area contributed by atoms with Crippen LogP contribution in [0, 0.1) is 17.0 Å². The Bertz CT molecular complexity index is 1450. The molecule has 0 amide bonds. The average Bonchev–Trinajstić information content (AvgIpc) is 3.53. The Labute approximate surface area is 208 Å². The molecular formula is C24H20N4O7S. The van der Waals surface area contributed by atoms with E-state index in [9.17, 15) is 20.0 Å². The van der Waals surface area contributed by atoms with Crippen molar-refractivity contribution in [3.8, 4) is 34.2 Å². The van der Waals surface area contributed by atoms with Crippen LogP contribution in [0.1, 0.15) is 11.3 Å². The van der Waals surface area contributed by atoms with Gasteiger partial charge in [0.15, 0.2) is 5.82 Å². The maximum atomic E-state index is 11.9. The highest BCUT2D eigenvalue weighted by atomic mass is 32.2. The van der Waals surface area contributed by atoms with E-state index < -0.39 is 10.9 Å². The van der Waals surface area contributed by atoms with Crippen LogP contribution in [0.2, 0.25) is 0 Å². The second-order valence-corrected chi connectivity index (χ2v) is 8.45. The van der Waals surface area contributed by atoms with Gasteiger partial charge in [0.2, 0.25) is 5.16 Å². The van der Waals surface area contributed by atoms with Crippen molar-refractivity contribution in [2.45, 2.75) is 12.1 Å². The SMILES string of the molecule is COc1cc(OC)cc(-c2nc(S/C(=C\c3ccc(-c4ccc(C)c([N+](=O)[O-])c4)o3)C(=O)O)n[nH]2)c1. The minimum atomic E-state index is -1.20. The number of thioether (sulfide) groups is 1. The highest BCUT2D eigenvalue weighted by Crippen LogP contribution is 2.33. The molecule has 2 aromatic heterocycles. The number of methoxy groups -OCH3 is 2. The van der Waals surface area contributed by atoms with Gasteiger partial charge in [-0.1, -0.05) is 12.1 Å². The summed E-state index contributed by atoms with van der Waals surface area (Å²) in [6.45, 7) is 1.65. The highest BCUT2D eigenvalue weighted by Gasteiger charge is 2.17. The van der Waals surface area contributed by atoms with E-state index in [0.29, 0.717) is 39.8 Å². The third kappa shape index (κ3) is 5.39. The normalized spacial score (nSPS) is 11.4. The van der Waals surface area contributed by atoms with Gasteiger partial charge in [-0.15, -0.1) is 5.10 Å². The maximum absolute atomic E-state index is 11.9. The number of rotatable bonds is 9. The summed E-state index contributed by atoms with van der Waals surface area (Å²) in [4.78, 5) is 26.9. The second kappa shape index (κ2) is 10.4. The number of ether oxygens (including phenoxy) is 2. The molecule has 4 aromatic rings. The first-order chi connectivity index (χ1) is 17.3. The van der Waals surface area contributed by atoms with Crippen LogP contribution in [0.15, 0.2) is 63.0 Å². The molecule has 0 atom stereocenters. The zero-order chi connectivity index (χ0) is 25.8. The van der Waals surface area contributed by atoms with Crippen LogP contribution in [0.5, 0.6) is 11.5 Å². The number of H-pyrrole nitrogens is 1. The lowest BCUT2D eigenvalue weighted by Gasteiger charge is -2.06. The Morgan fingerprint density at radius 3 is 2.47 bits per heavy atom. The van der Waals surface area contributed by atoms with Crippen molar-refractivity contribution in [1.82, 2.24) is 15.2 Å². The fraction of sp³-hybridized carbons (Fsp3) is 0.125. The van der Waals surface area contributed by atoms with Crippen LogP contribution >= 0.6 is 11.8 Å². The summed E-state index contributed by atoms with van der Waals surface area (Å²) in [7, 11) is 3.06. The predicted molar refractivity (Wildman–Crippen MR) is 132 cm³/mol. The number of hydrogen-bond acceptors (Lipinski definition) is 9. The molecule has 36 heavy (non-hydrogen) atoms. The van der Waals surface area contributed by atoms with Gasteiger partial charge in [0.25, 0.3) is 5.69 Å². The third-order valence-electron chi connectivity index (χ3n) is 5.09. The maximum Gasteiger partial charge on any atom is 0.342 e. The number of hydrogen-bond donors (Lipinski definition) is 2. The number of furan rings is 1. The minimum absolute atomic E-state index is 0.0307. The Morgan fingerprint density at radius 2 is 1.83 bits per heavy atom. The number of aromatic nitrogens is 3. The molecule has 0 radical (unpaired) electrons. The molecule has 0 spiro atoms. The molecule has 2 heterocycles. The average molecular weight is 509 g/mol. The lowest BCUT2D eigenvalue weighted by Crippen LogP contribution is -1.97. The summed E-state index contributed by atoms with van der Waals surface area (Å²) < 4.78 is 16.3. The zero-order valence-corrected chi connectivity index (χ0v) is 20.2. The van der Waals surface area contributed by atoms with Crippen LogP contribution in [-0.4, -0.2) is 45.4 Å². The molecule has 0 aliphatic rings. The van der Waals surface area contributed by atoms with E-state index >= 15 is 0 Å². The number of carboxylic acid groups (broad SMARTS) is 1. The first-order valence-electron chi connectivity index (χ1n) is 10.4. The monoisotopic (exact) mass is 508 g/mol. The standard InChI is InChI=1S/C24H20N4O7S/c1-13-4-5-14(10-19(13)28(31)32)20-7-6-16(35-20)12-21(23(29)30)36-24-25-22(26-27-24)15-8-17(33-2)11-18(9-15)34-3/h4-12H,1-3H3,(H,29,30)(H,25,26,27)/b21-12-. The summed E-state index contributed by atoms with van der Waals surface area (Å²) in [6, 6.07) is 13.1. The summed E-state index contributed by atoms with van der Waals surface area (Å²) >= 11 is 0.837. The summed E-state index contributed by atoms with van der Waals surface area (Å²) in [5.74, 6) is 0.957. The van der Waals surface area contributed by atoms with Crippen LogP contribution in [0.4, 0.5) is 5.69 Å². The van der Waals surface area contributed by atoms with Crippen molar-refractivity contribution in [3.63, 3.8) is 0 Å². The number of aromatic amines is 1. The largest absolute Gasteiger partial charge is 0.497 e. The molecule has 0 fully saturated rings. The molecular weight excluding hydrogens is 488 g/mol. The molecule has 12 heteroatoms. The van der Waals surface area contributed by atoms with Gasteiger partial charge in [-0.2, -0.15) is 0 Å². The number of aliphatic carboxylic acids is 1. The Hall–Kier alpha value is -4.58. The van der Waals surface area contributed by atoms with Crippen molar-refractivity contribution in [2.75, 3.05) is 14.2 Å². The van der Waals surface area contributed by atoms with E-state index in [1.165, 1.54) is 26.4 Å². The van der Waals surface area contributed by atoms with Crippen LogP contribution < -0.4 is 9.47 Å². The van der Waals surface area contributed by atoms with Gasteiger partial charge in [0.05, 0.1) is 19.1 Å².